The topological polar surface area (TPSA) is 54.5 Å². The van der Waals surface area contributed by atoms with Crippen LogP contribution in [0.4, 0.5) is 4.79 Å². The Morgan fingerprint density at radius 2 is 2.40 bits per heavy atom. The molecule has 0 radical (unpaired) electrons. The Balaban J connectivity index is 1.67. The predicted molar refractivity (Wildman–Crippen MR) is 79.7 cm³/mol. The van der Waals surface area contributed by atoms with E-state index in [2.05, 4.69) is 15.2 Å². The first-order chi connectivity index (χ1) is 9.42. The van der Waals surface area contributed by atoms with E-state index in [0.717, 1.165) is 26.1 Å². The highest BCUT2D eigenvalue weighted by Crippen LogP contribution is 2.19. The fourth-order valence-electron chi connectivity index (χ4n) is 2.31. The van der Waals surface area contributed by atoms with Gasteiger partial charge in [-0.15, -0.1) is 11.3 Å². The van der Waals surface area contributed by atoms with Crippen LogP contribution in [0.1, 0.15) is 32.1 Å². The summed E-state index contributed by atoms with van der Waals surface area (Å²) in [6.07, 6.45) is 2.73. The molecule has 2 heterocycles. The number of ether oxygens (including phenoxy) is 1. The van der Waals surface area contributed by atoms with Gasteiger partial charge in [-0.2, -0.15) is 0 Å². The van der Waals surface area contributed by atoms with E-state index in [1.54, 1.807) is 11.3 Å². The Labute approximate surface area is 124 Å². The van der Waals surface area contributed by atoms with E-state index >= 15 is 0 Å². The number of rotatable bonds is 4. The first kappa shape index (κ1) is 15.3. The van der Waals surface area contributed by atoms with Gasteiger partial charge in [-0.25, -0.2) is 4.79 Å². The first-order valence-electron chi connectivity index (χ1n) is 6.99. The summed E-state index contributed by atoms with van der Waals surface area (Å²) in [5, 5.41) is 2.86. The van der Waals surface area contributed by atoms with Crippen LogP contribution in [0.25, 0.3) is 0 Å². The van der Waals surface area contributed by atoms with Gasteiger partial charge < -0.3 is 10.1 Å². The fraction of sp³-hybridized carbons (Fsp3) is 0.714. The molecule has 1 atom stereocenters. The molecule has 1 aromatic rings. The van der Waals surface area contributed by atoms with Gasteiger partial charge in [0, 0.05) is 30.7 Å². The summed E-state index contributed by atoms with van der Waals surface area (Å²) in [6, 6.07) is 0. The quantitative estimate of drug-likeness (QED) is 0.927. The van der Waals surface area contributed by atoms with Crippen LogP contribution in [-0.2, 0) is 11.3 Å². The molecule has 6 heteroatoms. The third-order valence-electron chi connectivity index (χ3n) is 3.17. The predicted octanol–water partition coefficient (Wildman–Crippen LogP) is 2.49. The summed E-state index contributed by atoms with van der Waals surface area (Å²) >= 11 is 1.69. The Kier molecular flexibility index (Phi) is 4.99. The number of likely N-dealkylation sites (tertiary alicyclic amines) is 1. The van der Waals surface area contributed by atoms with Gasteiger partial charge in [0.25, 0.3) is 0 Å². The third kappa shape index (κ3) is 5.09. The molecule has 5 nitrogen and oxygen atoms in total. The van der Waals surface area contributed by atoms with Crippen molar-refractivity contribution in [2.24, 2.45) is 5.92 Å². The first-order valence-corrected chi connectivity index (χ1v) is 7.87. The fourth-order valence-corrected chi connectivity index (χ4v) is 2.94. The molecule has 20 heavy (non-hydrogen) atoms. The van der Waals surface area contributed by atoms with Crippen molar-refractivity contribution < 1.29 is 9.53 Å². The molecule has 0 bridgehead atoms. The summed E-state index contributed by atoms with van der Waals surface area (Å²) < 4.78 is 5.24. The van der Waals surface area contributed by atoms with Gasteiger partial charge in [0.15, 0.2) is 0 Å². The molecule has 1 aromatic heterocycles. The van der Waals surface area contributed by atoms with Crippen LogP contribution < -0.4 is 5.32 Å². The van der Waals surface area contributed by atoms with Gasteiger partial charge >= 0.3 is 6.09 Å². The Bertz CT molecular complexity index is 428. The van der Waals surface area contributed by atoms with Crippen LogP contribution in [0.5, 0.6) is 0 Å². The monoisotopic (exact) mass is 297 g/mol. The van der Waals surface area contributed by atoms with Crippen LogP contribution in [0.2, 0.25) is 0 Å². The van der Waals surface area contributed by atoms with E-state index in [9.17, 15) is 4.79 Å². The molecule has 1 aliphatic heterocycles. The summed E-state index contributed by atoms with van der Waals surface area (Å²) in [5.74, 6) is 0.510. The van der Waals surface area contributed by atoms with E-state index in [-0.39, 0.29) is 6.09 Å². The second-order valence-corrected chi connectivity index (χ2v) is 7.21. The smallest absolute Gasteiger partial charge is 0.407 e. The lowest BCUT2D eigenvalue weighted by atomic mass is 10.1. The van der Waals surface area contributed by atoms with E-state index in [1.165, 1.54) is 4.88 Å². The summed E-state index contributed by atoms with van der Waals surface area (Å²) in [5.41, 5.74) is 1.44. The largest absolute Gasteiger partial charge is 0.444 e. The second kappa shape index (κ2) is 6.54. The lowest BCUT2D eigenvalue weighted by Crippen LogP contribution is -2.35. The van der Waals surface area contributed by atoms with Crippen molar-refractivity contribution >= 4 is 17.4 Å². The number of hydrogen-bond acceptors (Lipinski definition) is 5. The zero-order valence-electron chi connectivity index (χ0n) is 12.4. The lowest BCUT2D eigenvalue weighted by Gasteiger charge is -2.20. The molecule has 112 valence electrons. The van der Waals surface area contributed by atoms with Crippen molar-refractivity contribution in [2.75, 3.05) is 19.6 Å². The van der Waals surface area contributed by atoms with Gasteiger partial charge in [0.2, 0.25) is 0 Å². The number of nitrogens with zero attached hydrogens (tertiary/aromatic N) is 2. The molecule has 0 saturated carbocycles. The molecular formula is C14H23N3O2S. The minimum atomic E-state index is -0.433. The van der Waals surface area contributed by atoms with Crippen molar-refractivity contribution in [2.45, 2.75) is 39.3 Å². The van der Waals surface area contributed by atoms with Crippen molar-refractivity contribution in [1.29, 1.82) is 0 Å². The molecular weight excluding hydrogens is 274 g/mol. The SMILES string of the molecule is CC(C)(C)OC(=O)NC[C@H]1CCN(Cc2cncs2)C1. The van der Waals surface area contributed by atoms with Crippen molar-refractivity contribution in [3.05, 3.63) is 16.6 Å². The molecule has 1 saturated heterocycles. The molecule has 2 rings (SSSR count). The molecule has 1 amide bonds. The Morgan fingerprint density at radius 1 is 1.60 bits per heavy atom. The van der Waals surface area contributed by atoms with E-state index in [1.807, 2.05) is 32.5 Å². The third-order valence-corrected chi connectivity index (χ3v) is 3.93. The van der Waals surface area contributed by atoms with Crippen molar-refractivity contribution in [1.82, 2.24) is 15.2 Å². The van der Waals surface area contributed by atoms with Gasteiger partial charge in [-0.1, -0.05) is 0 Å². The highest BCUT2D eigenvalue weighted by atomic mass is 32.1. The average molecular weight is 297 g/mol. The Hall–Kier alpha value is -1.14. The number of thiazole rings is 1. The van der Waals surface area contributed by atoms with E-state index < -0.39 is 5.60 Å². The molecule has 0 aliphatic carbocycles. The number of amides is 1. The van der Waals surface area contributed by atoms with Gasteiger partial charge in [0.1, 0.15) is 5.60 Å². The van der Waals surface area contributed by atoms with Gasteiger partial charge in [-0.05, 0) is 39.7 Å². The van der Waals surface area contributed by atoms with E-state index in [0.29, 0.717) is 12.5 Å². The van der Waals surface area contributed by atoms with Crippen molar-refractivity contribution in [3.8, 4) is 0 Å². The maximum absolute atomic E-state index is 11.6. The van der Waals surface area contributed by atoms with Crippen LogP contribution in [0, 0.1) is 5.92 Å². The van der Waals surface area contributed by atoms with Crippen LogP contribution in [0.15, 0.2) is 11.7 Å². The standard InChI is InChI=1S/C14H23N3O2S/c1-14(2,3)19-13(18)16-6-11-4-5-17(8-11)9-12-7-15-10-20-12/h7,10-11H,4-6,8-9H2,1-3H3,(H,16,18)/t11-/m1/s1. The maximum Gasteiger partial charge on any atom is 0.407 e. The summed E-state index contributed by atoms with van der Waals surface area (Å²) in [4.78, 5) is 19.4. The molecule has 1 N–H and O–H groups in total. The number of hydrogen-bond donors (Lipinski definition) is 1. The Morgan fingerprint density at radius 3 is 3.05 bits per heavy atom. The number of carbonyl (C=O) groups excluding carboxylic acids is 1. The molecule has 1 aliphatic rings. The minimum Gasteiger partial charge on any atom is -0.444 e. The van der Waals surface area contributed by atoms with Crippen LogP contribution in [-0.4, -0.2) is 41.2 Å². The highest BCUT2D eigenvalue weighted by Gasteiger charge is 2.24. The molecule has 0 aromatic carbocycles. The molecule has 0 unspecified atom stereocenters. The minimum absolute atomic E-state index is 0.321. The van der Waals surface area contributed by atoms with E-state index in [4.69, 9.17) is 4.74 Å². The number of aromatic nitrogens is 1. The van der Waals surface area contributed by atoms with Gasteiger partial charge in [-0.3, -0.25) is 9.88 Å². The number of alkyl carbamates (subject to hydrolysis) is 1. The maximum atomic E-state index is 11.6. The normalized spacial score (nSPS) is 20.1. The zero-order valence-corrected chi connectivity index (χ0v) is 13.2. The van der Waals surface area contributed by atoms with Gasteiger partial charge in [0.05, 0.1) is 5.51 Å². The van der Waals surface area contributed by atoms with Crippen LogP contribution in [0.3, 0.4) is 0 Å². The summed E-state index contributed by atoms with van der Waals surface area (Å²) in [7, 11) is 0. The van der Waals surface area contributed by atoms with Crippen LogP contribution >= 0.6 is 11.3 Å². The number of nitrogens with one attached hydrogen (secondary N) is 1. The van der Waals surface area contributed by atoms with Crippen molar-refractivity contribution in [3.63, 3.8) is 0 Å². The molecule has 0 spiro atoms. The number of carbonyl (C=O) groups is 1. The lowest BCUT2D eigenvalue weighted by molar-refractivity contribution is 0.0519. The average Bonchev–Trinajstić information content (AvgIpc) is 2.96. The summed E-state index contributed by atoms with van der Waals surface area (Å²) in [6.45, 7) is 9.38. The molecule has 1 fully saturated rings. The second-order valence-electron chi connectivity index (χ2n) is 6.24. The highest BCUT2D eigenvalue weighted by molar-refractivity contribution is 7.09. The zero-order chi connectivity index (χ0) is 14.6.